The van der Waals surface area contributed by atoms with Gasteiger partial charge in [0.15, 0.2) is 0 Å². The fourth-order valence-corrected chi connectivity index (χ4v) is 0. The molecule has 0 aliphatic rings. The van der Waals surface area contributed by atoms with E-state index in [1.165, 1.54) is 0 Å². The van der Waals surface area contributed by atoms with E-state index in [-0.39, 0.29) is 45.5 Å². The molecule has 2 N–H and O–H groups in total. The van der Waals surface area contributed by atoms with Crippen LogP contribution in [-0.4, -0.2) is 61.9 Å². The number of carbonyl (C=O) groups is 1. The smallest absolute Gasteiger partial charge is 0.450 e. The van der Waals surface area contributed by atoms with Gasteiger partial charge in [0.25, 0.3) is 0 Å². The number of carboxylic acid groups (broad SMARTS) is 2. The summed E-state index contributed by atoms with van der Waals surface area (Å²) in [5.74, 6) is 0. The van der Waals surface area contributed by atoms with E-state index in [0.29, 0.717) is 0 Å². The van der Waals surface area contributed by atoms with Crippen LogP contribution in [0.3, 0.4) is 0 Å². The summed E-state index contributed by atoms with van der Waals surface area (Å²) in [7, 11) is 0. The van der Waals surface area contributed by atoms with Crippen molar-refractivity contribution in [1.82, 2.24) is 0 Å². The SMILES string of the molecule is O=C(O)O.[Sr]. The van der Waals surface area contributed by atoms with Gasteiger partial charge >= 0.3 is 6.16 Å². The molecule has 0 fully saturated rings. The van der Waals surface area contributed by atoms with Crippen molar-refractivity contribution in [2.24, 2.45) is 0 Å². The van der Waals surface area contributed by atoms with Gasteiger partial charge in [-0.1, -0.05) is 0 Å². The molecule has 0 aliphatic carbocycles. The first-order valence-electron chi connectivity index (χ1n) is 0.651. The Labute approximate surface area is 65.9 Å². The zero-order valence-electron chi connectivity index (χ0n) is 2.51. The molecule has 0 rings (SSSR count). The summed E-state index contributed by atoms with van der Waals surface area (Å²) >= 11 is 0. The van der Waals surface area contributed by atoms with Crippen LogP contribution in [0.2, 0.25) is 0 Å². The third kappa shape index (κ3) is 63.8. The van der Waals surface area contributed by atoms with Gasteiger partial charge in [0.05, 0.1) is 0 Å². The third-order valence-electron chi connectivity index (χ3n) is 0. The topological polar surface area (TPSA) is 57.5 Å². The fraction of sp³-hybridized carbons (Fsp3) is 0. The second kappa shape index (κ2) is 4.75. The van der Waals surface area contributed by atoms with Crippen LogP contribution in [0.25, 0.3) is 0 Å². The van der Waals surface area contributed by atoms with Crippen molar-refractivity contribution in [3.63, 3.8) is 0 Å². The van der Waals surface area contributed by atoms with Crippen molar-refractivity contribution in [3.05, 3.63) is 0 Å². The van der Waals surface area contributed by atoms with Gasteiger partial charge < -0.3 is 10.2 Å². The van der Waals surface area contributed by atoms with Crippen LogP contribution in [0.1, 0.15) is 0 Å². The Morgan fingerprint density at radius 2 is 1.40 bits per heavy atom. The largest absolute Gasteiger partial charge is 0.503 e. The Morgan fingerprint density at radius 3 is 1.40 bits per heavy atom. The number of hydrogen-bond acceptors (Lipinski definition) is 1. The Kier molecular flexibility index (Phi) is 8.77. The molecule has 4 heteroatoms. The second-order valence-electron chi connectivity index (χ2n) is 0.283. The van der Waals surface area contributed by atoms with Crippen molar-refractivity contribution in [1.29, 1.82) is 0 Å². The van der Waals surface area contributed by atoms with E-state index in [1.54, 1.807) is 0 Å². The first-order chi connectivity index (χ1) is 1.73. The predicted octanol–water partition coefficient (Wildman–Crippen LogP) is -0.158. The first kappa shape index (κ1) is 9.23. The summed E-state index contributed by atoms with van der Waals surface area (Å²) in [6, 6.07) is 0. The van der Waals surface area contributed by atoms with E-state index in [4.69, 9.17) is 15.0 Å². The van der Waals surface area contributed by atoms with Gasteiger partial charge in [0.1, 0.15) is 0 Å². The zero-order valence-corrected chi connectivity index (χ0v) is 5.99. The summed E-state index contributed by atoms with van der Waals surface area (Å²) in [5.41, 5.74) is 0. The van der Waals surface area contributed by atoms with E-state index in [0.717, 1.165) is 0 Å². The van der Waals surface area contributed by atoms with Crippen LogP contribution in [-0.2, 0) is 0 Å². The molecule has 3 nitrogen and oxygen atoms in total. The van der Waals surface area contributed by atoms with Crippen LogP contribution in [0, 0.1) is 0 Å². The molecular formula is CH2O3Sr. The monoisotopic (exact) mass is 150 g/mol. The Hall–Kier alpha value is 0.751. The molecule has 0 amide bonds. The van der Waals surface area contributed by atoms with Gasteiger partial charge in [-0.15, -0.1) is 0 Å². The maximum Gasteiger partial charge on any atom is 0.503 e. The van der Waals surface area contributed by atoms with Crippen molar-refractivity contribution in [2.45, 2.75) is 0 Å². The van der Waals surface area contributed by atoms with Crippen molar-refractivity contribution >= 4 is 51.6 Å². The summed E-state index contributed by atoms with van der Waals surface area (Å²) in [6.07, 6.45) is -1.83. The molecule has 0 heterocycles. The van der Waals surface area contributed by atoms with Gasteiger partial charge in [-0.25, -0.2) is 4.79 Å². The average Bonchev–Trinajstić information content (AvgIpc) is 0.811. The number of rotatable bonds is 0. The van der Waals surface area contributed by atoms with Gasteiger partial charge in [0.2, 0.25) is 0 Å². The van der Waals surface area contributed by atoms with Crippen molar-refractivity contribution in [2.75, 3.05) is 0 Å². The second-order valence-corrected chi connectivity index (χ2v) is 0.283. The van der Waals surface area contributed by atoms with Crippen LogP contribution in [0.15, 0.2) is 0 Å². The molecule has 0 bridgehead atoms. The molecule has 0 saturated carbocycles. The molecule has 0 saturated heterocycles. The normalized spacial score (nSPS) is 4.80. The van der Waals surface area contributed by atoms with Gasteiger partial charge in [-0.05, 0) is 0 Å². The molecule has 0 aromatic rings. The maximum absolute atomic E-state index is 8.56. The Balaban J connectivity index is 0. The van der Waals surface area contributed by atoms with Gasteiger partial charge in [-0.2, -0.15) is 0 Å². The average molecular weight is 150 g/mol. The van der Waals surface area contributed by atoms with E-state index in [9.17, 15) is 0 Å². The van der Waals surface area contributed by atoms with Crippen molar-refractivity contribution in [3.8, 4) is 0 Å². The van der Waals surface area contributed by atoms with Crippen molar-refractivity contribution < 1.29 is 15.0 Å². The molecule has 0 unspecified atom stereocenters. The summed E-state index contributed by atoms with van der Waals surface area (Å²) < 4.78 is 0. The molecule has 0 aliphatic heterocycles. The molecule has 0 aromatic carbocycles. The minimum absolute atomic E-state index is 0. The van der Waals surface area contributed by atoms with Gasteiger partial charge in [-0.3, -0.25) is 0 Å². The van der Waals surface area contributed by atoms with E-state index < -0.39 is 6.16 Å². The van der Waals surface area contributed by atoms with Crippen LogP contribution in [0.4, 0.5) is 4.79 Å². The molecular weight excluding hydrogens is 148 g/mol. The summed E-state index contributed by atoms with van der Waals surface area (Å²) in [5, 5.41) is 13.9. The molecule has 2 radical (unpaired) electrons. The molecule has 5 heavy (non-hydrogen) atoms. The minimum atomic E-state index is -1.83. The van der Waals surface area contributed by atoms with Gasteiger partial charge in [0, 0.05) is 45.5 Å². The quantitative estimate of drug-likeness (QED) is 0.471. The van der Waals surface area contributed by atoms with Crippen LogP contribution in [0.5, 0.6) is 0 Å². The standard InChI is InChI=1S/CH2O3.Sr/c2-1(3)4;/h(H2,2,3,4);. The molecule has 0 atom stereocenters. The third-order valence-corrected chi connectivity index (χ3v) is 0. The fourth-order valence-electron chi connectivity index (χ4n) is 0. The van der Waals surface area contributed by atoms with E-state index in [2.05, 4.69) is 0 Å². The Bertz CT molecular complexity index is 29.9. The maximum atomic E-state index is 8.56. The summed E-state index contributed by atoms with van der Waals surface area (Å²) in [4.78, 5) is 8.56. The molecule has 0 aromatic heterocycles. The van der Waals surface area contributed by atoms with Crippen LogP contribution >= 0.6 is 0 Å². The zero-order chi connectivity index (χ0) is 3.58. The molecule has 26 valence electrons. The van der Waals surface area contributed by atoms with E-state index >= 15 is 0 Å². The van der Waals surface area contributed by atoms with E-state index in [1.807, 2.05) is 0 Å². The number of hydrogen-bond donors (Lipinski definition) is 2. The summed E-state index contributed by atoms with van der Waals surface area (Å²) in [6.45, 7) is 0. The minimum Gasteiger partial charge on any atom is -0.450 e. The molecule has 0 spiro atoms. The van der Waals surface area contributed by atoms with Crippen LogP contribution < -0.4 is 0 Å². The predicted molar refractivity (Wildman–Crippen MR) is 16.4 cm³/mol. The first-order valence-corrected chi connectivity index (χ1v) is 0.651. The Morgan fingerprint density at radius 1 is 1.40 bits per heavy atom.